The van der Waals surface area contributed by atoms with E-state index >= 15 is 0 Å². The highest BCUT2D eigenvalue weighted by Gasteiger charge is 2.10. The van der Waals surface area contributed by atoms with Gasteiger partial charge in [0.05, 0.1) is 23.0 Å². The van der Waals surface area contributed by atoms with Crippen molar-refractivity contribution >= 4 is 33.5 Å². The van der Waals surface area contributed by atoms with Crippen LogP contribution in [0.5, 0.6) is 0 Å². The highest BCUT2D eigenvalue weighted by molar-refractivity contribution is 9.09. The first-order valence-corrected chi connectivity index (χ1v) is 5.61. The van der Waals surface area contributed by atoms with E-state index < -0.39 is 5.97 Å². The number of carbonyl (C=O) groups excluding carboxylic acids is 1. The highest BCUT2D eigenvalue weighted by Crippen LogP contribution is 2.18. The van der Waals surface area contributed by atoms with Gasteiger partial charge >= 0.3 is 5.97 Å². The Balaban J connectivity index is 3.10. The molecule has 0 unspecified atom stereocenters. The van der Waals surface area contributed by atoms with E-state index in [1.165, 1.54) is 7.11 Å². The highest BCUT2D eigenvalue weighted by atomic mass is 79.9. The summed E-state index contributed by atoms with van der Waals surface area (Å²) in [5.74, 6) is 5.26. The molecule has 0 fully saturated rings. The minimum absolute atomic E-state index is 0.334. The lowest BCUT2D eigenvalue weighted by Crippen LogP contribution is -2.02. The van der Waals surface area contributed by atoms with Gasteiger partial charge in [0.25, 0.3) is 0 Å². The largest absolute Gasteiger partial charge is 0.465 e. The molecular formula is C11H8BrClO2. The Morgan fingerprint density at radius 2 is 2.33 bits per heavy atom. The Bertz CT molecular complexity index is 432. The average Bonchev–Trinajstić information content (AvgIpc) is 2.27. The Kier molecular flexibility index (Phi) is 4.67. The predicted octanol–water partition coefficient (Wildman–Crippen LogP) is 2.87. The molecule has 0 aliphatic heterocycles. The number of halogens is 2. The van der Waals surface area contributed by atoms with Crippen molar-refractivity contribution in [3.63, 3.8) is 0 Å². The van der Waals surface area contributed by atoms with Gasteiger partial charge < -0.3 is 4.74 Å². The normalized spacial score (nSPS) is 9.00. The van der Waals surface area contributed by atoms with Crippen LogP contribution < -0.4 is 0 Å². The fourth-order valence-electron chi connectivity index (χ4n) is 1.00. The lowest BCUT2D eigenvalue weighted by molar-refractivity contribution is 0.0601. The zero-order chi connectivity index (χ0) is 11.3. The van der Waals surface area contributed by atoms with Gasteiger partial charge in [-0.2, -0.15) is 0 Å². The smallest absolute Gasteiger partial charge is 0.339 e. The van der Waals surface area contributed by atoms with Crippen molar-refractivity contribution in [2.24, 2.45) is 0 Å². The van der Waals surface area contributed by atoms with Crippen molar-refractivity contribution < 1.29 is 9.53 Å². The Morgan fingerprint density at radius 1 is 1.60 bits per heavy atom. The van der Waals surface area contributed by atoms with Crippen molar-refractivity contribution in [3.8, 4) is 11.8 Å². The molecule has 0 atom stereocenters. The third-order valence-electron chi connectivity index (χ3n) is 1.67. The van der Waals surface area contributed by atoms with Gasteiger partial charge in [-0.05, 0) is 18.2 Å². The lowest BCUT2D eigenvalue weighted by Gasteiger charge is -2.02. The molecule has 0 amide bonds. The summed E-state index contributed by atoms with van der Waals surface area (Å²) in [4.78, 5) is 11.3. The van der Waals surface area contributed by atoms with Crippen LogP contribution >= 0.6 is 27.5 Å². The van der Waals surface area contributed by atoms with E-state index in [-0.39, 0.29) is 0 Å². The van der Waals surface area contributed by atoms with Crippen LogP contribution in [0.4, 0.5) is 0 Å². The summed E-state index contributed by atoms with van der Waals surface area (Å²) >= 11 is 9.04. The third kappa shape index (κ3) is 3.26. The molecule has 15 heavy (non-hydrogen) atoms. The molecule has 1 rings (SSSR count). The van der Waals surface area contributed by atoms with Crippen molar-refractivity contribution in [3.05, 3.63) is 34.3 Å². The van der Waals surface area contributed by atoms with Gasteiger partial charge in [-0.25, -0.2) is 4.79 Å². The summed E-state index contributed by atoms with van der Waals surface area (Å²) in [5, 5.41) is 0.953. The summed E-state index contributed by atoms with van der Waals surface area (Å²) in [6, 6.07) is 5.00. The molecule has 2 nitrogen and oxygen atoms in total. The second-order valence-electron chi connectivity index (χ2n) is 2.62. The number of hydrogen-bond acceptors (Lipinski definition) is 2. The molecule has 0 N–H and O–H groups in total. The molecule has 0 aliphatic carbocycles. The van der Waals surface area contributed by atoms with Crippen molar-refractivity contribution in [2.75, 3.05) is 12.4 Å². The number of methoxy groups -OCH3 is 1. The fourth-order valence-corrected chi connectivity index (χ4v) is 1.34. The second kappa shape index (κ2) is 5.79. The SMILES string of the molecule is COC(=O)c1cc(C#CCBr)ccc1Cl. The monoisotopic (exact) mass is 286 g/mol. The first-order valence-electron chi connectivity index (χ1n) is 4.11. The van der Waals surface area contributed by atoms with Gasteiger partial charge in [0.15, 0.2) is 0 Å². The summed E-state index contributed by atoms with van der Waals surface area (Å²) in [7, 11) is 1.31. The summed E-state index contributed by atoms with van der Waals surface area (Å²) in [6.45, 7) is 0. The first-order chi connectivity index (χ1) is 7.19. The van der Waals surface area contributed by atoms with Crippen LogP contribution in [-0.2, 0) is 4.74 Å². The predicted molar refractivity (Wildman–Crippen MR) is 63.5 cm³/mol. The van der Waals surface area contributed by atoms with E-state index in [1.807, 2.05) is 0 Å². The second-order valence-corrected chi connectivity index (χ2v) is 3.59. The topological polar surface area (TPSA) is 26.3 Å². The zero-order valence-corrected chi connectivity index (χ0v) is 10.4. The number of hydrogen-bond donors (Lipinski definition) is 0. The molecule has 1 aromatic carbocycles. The lowest BCUT2D eigenvalue weighted by atomic mass is 10.1. The van der Waals surface area contributed by atoms with E-state index in [1.54, 1.807) is 18.2 Å². The van der Waals surface area contributed by atoms with E-state index in [9.17, 15) is 4.79 Å². The van der Waals surface area contributed by atoms with Crippen LogP contribution in [0.2, 0.25) is 5.02 Å². The van der Waals surface area contributed by atoms with E-state index in [0.29, 0.717) is 15.9 Å². The summed E-state index contributed by atoms with van der Waals surface area (Å²) in [6.07, 6.45) is 0. The van der Waals surface area contributed by atoms with Gasteiger partial charge in [-0.3, -0.25) is 0 Å². The molecule has 1 aromatic rings. The molecule has 0 spiro atoms. The molecule has 4 heteroatoms. The number of carbonyl (C=O) groups is 1. The van der Waals surface area contributed by atoms with Crippen LogP contribution in [0.25, 0.3) is 0 Å². The van der Waals surface area contributed by atoms with Crippen LogP contribution in [0.1, 0.15) is 15.9 Å². The van der Waals surface area contributed by atoms with Crippen LogP contribution in [-0.4, -0.2) is 18.4 Å². The van der Waals surface area contributed by atoms with Gasteiger partial charge in [0.1, 0.15) is 0 Å². The molecule has 0 heterocycles. The zero-order valence-electron chi connectivity index (χ0n) is 8.01. The number of benzene rings is 1. The maximum Gasteiger partial charge on any atom is 0.339 e. The van der Waals surface area contributed by atoms with Crippen molar-refractivity contribution in [1.29, 1.82) is 0 Å². The third-order valence-corrected chi connectivity index (χ3v) is 2.28. The number of rotatable bonds is 1. The standard InChI is InChI=1S/C11H8BrClO2/c1-15-11(14)9-7-8(3-2-6-12)4-5-10(9)13/h4-5,7H,6H2,1H3. The van der Waals surface area contributed by atoms with Crippen LogP contribution in [0.3, 0.4) is 0 Å². The van der Waals surface area contributed by atoms with Gasteiger partial charge in [0.2, 0.25) is 0 Å². The van der Waals surface area contributed by atoms with Gasteiger partial charge in [-0.15, -0.1) is 0 Å². The van der Waals surface area contributed by atoms with E-state index in [2.05, 4.69) is 32.5 Å². The van der Waals surface area contributed by atoms with Crippen molar-refractivity contribution in [1.82, 2.24) is 0 Å². The first kappa shape index (κ1) is 12.1. The van der Waals surface area contributed by atoms with Gasteiger partial charge in [0, 0.05) is 5.56 Å². The molecule has 0 saturated carbocycles. The molecule has 0 aromatic heterocycles. The quantitative estimate of drug-likeness (QED) is 0.451. The maximum atomic E-state index is 11.3. The molecule has 0 saturated heterocycles. The van der Waals surface area contributed by atoms with Gasteiger partial charge in [-0.1, -0.05) is 39.4 Å². The number of ether oxygens (including phenoxy) is 1. The minimum atomic E-state index is -0.456. The Labute approximate surface area is 102 Å². The van der Waals surface area contributed by atoms with Crippen molar-refractivity contribution in [2.45, 2.75) is 0 Å². The van der Waals surface area contributed by atoms with Crippen LogP contribution in [0, 0.1) is 11.8 Å². The fraction of sp³-hybridized carbons (Fsp3) is 0.182. The molecular weight excluding hydrogens is 279 g/mol. The van der Waals surface area contributed by atoms with Crippen LogP contribution in [0.15, 0.2) is 18.2 Å². The molecule has 0 radical (unpaired) electrons. The number of alkyl halides is 1. The molecule has 0 bridgehead atoms. The molecule has 78 valence electrons. The van der Waals surface area contributed by atoms with E-state index in [4.69, 9.17) is 11.6 Å². The minimum Gasteiger partial charge on any atom is -0.465 e. The maximum absolute atomic E-state index is 11.3. The summed E-state index contributed by atoms with van der Waals surface area (Å²) in [5.41, 5.74) is 1.07. The Morgan fingerprint density at radius 3 is 2.93 bits per heavy atom. The number of esters is 1. The molecule has 0 aliphatic rings. The average molecular weight is 288 g/mol. The Hall–Kier alpha value is -0.980. The van der Waals surface area contributed by atoms with E-state index in [0.717, 1.165) is 5.56 Å². The summed E-state index contributed by atoms with van der Waals surface area (Å²) < 4.78 is 4.60.